The van der Waals surface area contributed by atoms with Crippen molar-refractivity contribution in [2.75, 3.05) is 49.8 Å². The fourth-order valence-electron chi connectivity index (χ4n) is 4.77. The molecule has 0 N–H and O–H groups in total. The van der Waals surface area contributed by atoms with Gasteiger partial charge in [0.25, 0.3) is 0 Å². The van der Waals surface area contributed by atoms with Crippen molar-refractivity contribution in [1.82, 2.24) is 9.97 Å². The van der Waals surface area contributed by atoms with Gasteiger partial charge in [-0.2, -0.15) is 0 Å². The van der Waals surface area contributed by atoms with E-state index in [2.05, 4.69) is 22.4 Å². The van der Waals surface area contributed by atoms with Crippen LogP contribution in [0.1, 0.15) is 35.6 Å². The Morgan fingerprint density at radius 2 is 2.00 bits per heavy atom. The van der Waals surface area contributed by atoms with Crippen LogP contribution in [0.5, 0.6) is 0 Å². The summed E-state index contributed by atoms with van der Waals surface area (Å²) in [7, 11) is 1.62. The molecule has 3 aromatic rings. The molecule has 33 heavy (non-hydrogen) atoms. The van der Waals surface area contributed by atoms with Gasteiger partial charge >= 0.3 is 0 Å². The fraction of sp³-hybridized carbons (Fsp3) is 0.385. The Balaban J connectivity index is 1.63. The quantitative estimate of drug-likeness (QED) is 0.519. The number of hydrogen-bond donors (Lipinski definition) is 0. The largest absolute Gasteiger partial charge is 0.497 e. The normalized spacial score (nSPS) is 18.7. The number of morpholine rings is 1. The van der Waals surface area contributed by atoms with E-state index in [0.29, 0.717) is 24.5 Å². The molecule has 5 rings (SSSR count). The molecule has 0 radical (unpaired) electrons. The number of benzene rings is 2. The predicted molar refractivity (Wildman–Crippen MR) is 129 cm³/mol. The number of ether oxygens (including phenoxy) is 2. The second-order valence-electron chi connectivity index (χ2n) is 8.67. The maximum atomic E-state index is 14.4. The van der Waals surface area contributed by atoms with Crippen molar-refractivity contribution in [1.29, 1.82) is 0 Å². The van der Waals surface area contributed by atoms with Crippen LogP contribution in [-0.2, 0) is 9.47 Å². The second-order valence-corrected chi connectivity index (χ2v) is 8.67. The van der Waals surface area contributed by atoms with Crippen LogP contribution in [0.3, 0.4) is 0 Å². The third-order valence-electron chi connectivity index (χ3n) is 6.67. The third-order valence-corrected chi connectivity index (χ3v) is 6.67. The highest BCUT2D eigenvalue weighted by Gasteiger charge is 2.30. The standard InChI is InChI=1S/C26H29FN4O2/c1-17-6-7-20(15-22(17)27)31-8-4-5-24(31)21-13-19(18(2)32-3)14-23-26(21)29-25(16-28-23)30-9-11-33-12-10-30/h6-7,13-16,24H,2,4-5,8-12H2,1,3H3. The Hall–Kier alpha value is -3.19. The van der Waals surface area contributed by atoms with Crippen LogP contribution < -0.4 is 9.80 Å². The van der Waals surface area contributed by atoms with Gasteiger partial charge in [-0.15, -0.1) is 0 Å². The number of rotatable bonds is 5. The smallest absolute Gasteiger partial charge is 0.148 e. The lowest BCUT2D eigenvalue weighted by Crippen LogP contribution is -2.36. The van der Waals surface area contributed by atoms with E-state index in [9.17, 15) is 4.39 Å². The first-order valence-electron chi connectivity index (χ1n) is 11.4. The highest BCUT2D eigenvalue weighted by molar-refractivity contribution is 5.84. The minimum absolute atomic E-state index is 0.0634. The maximum absolute atomic E-state index is 14.4. The van der Waals surface area contributed by atoms with E-state index < -0.39 is 0 Å². The molecule has 0 aliphatic carbocycles. The van der Waals surface area contributed by atoms with Crippen LogP contribution in [0.15, 0.2) is 43.1 Å². The average molecular weight is 449 g/mol. The van der Waals surface area contributed by atoms with Crippen LogP contribution in [0.25, 0.3) is 16.8 Å². The highest BCUT2D eigenvalue weighted by Crippen LogP contribution is 2.40. The molecule has 0 bridgehead atoms. The molecule has 0 saturated carbocycles. The van der Waals surface area contributed by atoms with Gasteiger partial charge in [-0.05, 0) is 49.6 Å². The fourth-order valence-corrected chi connectivity index (χ4v) is 4.77. The lowest BCUT2D eigenvalue weighted by Gasteiger charge is -2.30. The van der Waals surface area contributed by atoms with Crippen molar-refractivity contribution in [3.63, 3.8) is 0 Å². The van der Waals surface area contributed by atoms with Gasteiger partial charge in [0.05, 0.1) is 43.6 Å². The van der Waals surface area contributed by atoms with Crippen LogP contribution in [0, 0.1) is 12.7 Å². The van der Waals surface area contributed by atoms with Gasteiger partial charge in [0.2, 0.25) is 0 Å². The molecule has 7 heteroatoms. The molecule has 172 valence electrons. The number of halogens is 1. The number of hydrogen-bond acceptors (Lipinski definition) is 6. The lowest BCUT2D eigenvalue weighted by atomic mass is 9.98. The molecule has 6 nitrogen and oxygen atoms in total. The van der Waals surface area contributed by atoms with Crippen molar-refractivity contribution in [2.24, 2.45) is 0 Å². The first-order chi connectivity index (χ1) is 16.0. The van der Waals surface area contributed by atoms with E-state index in [0.717, 1.165) is 66.1 Å². The van der Waals surface area contributed by atoms with E-state index >= 15 is 0 Å². The summed E-state index contributed by atoms with van der Waals surface area (Å²) in [6, 6.07) is 9.64. The number of aryl methyl sites for hydroxylation is 1. The number of fused-ring (bicyclic) bond motifs is 1. The van der Waals surface area contributed by atoms with Crippen LogP contribution in [0.4, 0.5) is 15.9 Å². The van der Waals surface area contributed by atoms with Gasteiger partial charge in [-0.3, -0.25) is 4.98 Å². The Bertz CT molecular complexity index is 1190. The van der Waals surface area contributed by atoms with Crippen LogP contribution >= 0.6 is 0 Å². The molecule has 1 atom stereocenters. The minimum atomic E-state index is -0.182. The van der Waals surface area contributed by atoms with Crippen molar-refractivity contribution in [3.05, 3.63) is 65.6 Å². The zero-order chi connectivity index (χ0) is 22.9. The first kappa shape index (κ1) is 21.6. The Labute approximate surface area is 193 Å². The van der Waals surface area contributed by atoms with Crippen molar-refractivity contribution >= 4 is 28.3 Å². The average Bonchev–Trinajstić information content (AvgIpc) is 3.34. The van der Waals surface area contributed by atoms with E-state index in [1.165, 1.54) is 0 Å². The number of aromatic nitrogens is 2. The van der Waals surface area contributed by atoms with E-state index in [1.54, 1.807) is 20.1 Å². The predicted octanol–water partition coefficient (Wildman–Crippen LogP) is 4.87. The Kier molecular flexibility index (Phi) is 5.89. The summed E-state index contributed by atoms with van der Waals surface area (Å²) in [6.45, 7) is 9.68. The molecule has 0 spiro atoms. The summed E-state index contributed by atoms with van der Waals surface area (Å²) in [5.41, 5.74) is 5.18. The molecule has 2 aromatic carbocycles. The first-order valence-corrected chi connectivity index (χ1v) is 11.4. The SMILES string of the molecule is C=C(OC)c1cc(C2CCCN2c2ccc(C)c(F)c2)c2nc(N3CCOCC3)cnc2c1. The van der Waals surface area contributed by atoms with Crippen molar-refractivity contribution in [2.45, 2.75) is 25.8 Å². The molecule has 1 aromatic heterocycles. The molecule has 2 saturated heterocycles. The van der Waals surface area contributed by atoms with E-state index in [4.69, 9.17) is 19.4 Å². The van der Waals surface area contributed by atoms with Crippen LogP contribution in [0.2, 0.25) is 0 Å². The molecule has 1 unspecified atom stereocenters. The summed E-state index contributed by atoms with van der Waals surface area (Å²) in [4.78, 5) is 14.3. The Morgan fingerprint density at radius 3 is 2.76 bits per heavy atom. The van der Waals surface area contributed by atoms with Crippen molar-refractivity contribution in [3.8, 4) is 0 Å². The monoisotopic (exact) mass is 448 g/mol. The molecular formula is C26H29FN4O2. The summed E-state index contributed by atoms with van der Waals surface area (Å²) < 4.78 is 25.3. The molecule has 0 amide bonds. The molecule has 3 heterocycles. The maximum Gasteiger partial charge on any atom is 0.148 e. The third kappa shape index (κ3) is 4.13. The topological polar surface area (TPSA) is 50.7 Å². The van der Waals surface area contributed by atoms with Gasteiger partial charge in [-0.1, -0.05) is 12.6 Å². The number of nitrogens with zero attached hydrogens (tertiary/aromatic N) is 4. The molecule has 2 aliphatic rings. The Morgan fingerprint density at radius 1 is 1.18 bits per heavy atom. The zero-order valence-corrected chi connectivity index (χ0v) is 19.2. The zero-order valence-electron chi connectivity index (χ0n) is 19.2. The van der Waals surface area contributed by atoms with E-state index in [1.807, 2.05) is 24.4 Å². The highest BCUT2D eigenvalue weighted by atomic mass is 19.1. The summed E-state index contributed by atoms with van der Waals surface area (Å²) in [6.07, 6.45) is 3.81. The van der Waals surface area contributed by atoms with Gasteiger partial charge in [0, 0.05) is 36.4 Å². The second kappa shape index (κ2) is 8.98. The molecule has 2 fully saturated rings. The summed E-state index contributed by atoms with van der Waals surface area (Å²) in [5, 5.41) is 0. The van der Waals surface area contributed by atoms with Gasteiger partial charge in [-0.25, -0.2) is 9.37 Å². The number of methoxy groups -OCH3 is 1. The number of anilines is 2. The van der Waals surface area contributed by atoms with Gasteiger partial charge in [0.1, 0.15) is 17.4 Å². The molecular weight excluding hydrogens is 419 g/mol. The lowest BCUT2D eigenvalue weighted by molar-refractivity contribution is 0.122. The van der Waals surface area contributed by atoms with E-state index in [-0.39, 0.29) is 11.9 Å². The van der Waals surface area contributed by atoms with Gasteiger partial charge in [0.15, 0.2) is 0 Å². The van der Waals surface area contributed by atoms with Gasteiger partial charge < -0.3 is 19.3 Å². The summed E-state index contributed by atoms with van der Waals surface area (Å²) >= 11 is 0. The minimum Gasteiger partial charge on any atom is -0.497 e. The van der Waals surface area contributed by atoms with Crippen molar-refractivity contribution < 1.29 is 13.9 Å². The molecule has 2 aliphatic heterocycles. The van der Waals surface area contributed by atoms with Crippen LogP contribution in [-0.4, -0.2) is 49.9 Å². The summed E-state index contributed by atoms with van der Waals surface area (Å²) in [5.74, 6) is 1.26.